The van der Waals surface area contributed by atoms with Crippen molar-refractivity contribution < 1.29 is 22.8 Å². The van der Waals surface area contributed by atoms with Crippen LogP contribution in [0.3, 0.4) is 0 Å². The molecule has 1 unspecified atom stereocenters. The fourth-order valence-corrected chi connectivity index (χ4v) is 2.25. The zero-order valence-corrected chi connectivity index (χ0v) is 11.4. The fourth-order valence-electron chi connectivity index (χ4n) is 2.25. The molecule has 2 heterocycles. The maximum absolute atomic E-state index is 12.4. The first-order chi connectivity index (χ1) is 9.82. The molecule has 6 nitrogen and oxygen atoms in total. The van der Waals surface area contributed by atoms with E-state index in [-0.39, 0.29) is 12.5 Å². The molecule has 0 saturated carbocycles. The molecule has 1 aromatic heterocycles. The van der Waals surface area contributed by atoms with E-state index < -0.39 is 23.8 Å². The molecule has 9 heteroatoms. The van der Waals surface area contributed by atoms with E-state index in [0.29, 0.717) is 19.5 Å². The van der Waals surface area contributed by atoms with Crippen molar-refractivity contribution in [2.75, 3.05) is 13.1 Å². The minimum absolute atomic E-state index is 0.242. The van der Waals surface area contributed by atoms with Crippen molar-refractivity contribution in [2.45, 2.75) is 32.1 Å². The monoisotopic (exact) mass is 304 g/mol. The van der Waals surface area contributed by atoms with Crippen LogP contribution in [-0.4, -0.2) is 45.6 Å². The summed E-state index contributed by atoms with van der Waals surface area (Å²) in [5, 5.41) is 5.98. The molecule has 1 saturated heterocycles. The van der Waals surface area contributed by atoms with Crippen molar-refractivity contribution >= 4 is 11.8 Å². The predicted molar refractivity (Wildman–Crippen MR) is 66.0 cm³/mol. The van der Waals surface area contributed by atoms with Gasteiger partial charge in [0.25, 0.3) is 0 Å². The molecule has 0 spiro atoms. The number of halogens is 3. The highest BCUT2D eigenvalue weighted by Gasteiger charge is 2.35. The molecule has 0 aromatic carbocycles. The Balaban J connectivity index is 2.07. The largest absolute Gasteiger partial charge is 0.435 e. The van der Waals surface area contributed by atoms with Gasteiger partial charge in [0, 0.05) is 19.3 Å². The Morgan fingerprint density at radius 2 is 2.24 bits per heavy atom. The topological polar surface area (TPSA) is 67.2 Å². The van der Waals surface area contributed by atoms with Gasteiger partial charge in [-0.25, -0.2) is 0 Å². The van der Waals surface area contributed by atoms with E-state index in [9.17, 15) is 22.8 Å². The fraction of sp³-hybridized carbons (Fsp3) is 0.583. The van der Waals surface area contributed by atoms with Gasteiger partial charge in [-0.1, -0.05) is 6.92 Å². The summed E-state index contributed by atoms with van der Waals surface area (Å²) in [5.41, 5.74) is -1.04. The molecule has 0 radical (unpaired) electrons. The number of hydrogen-bond acceptors (Lipinski definition) is 3. The van der Waals surface area contributed by atoms with Gasteiger partial charge >= 0.3 is 6.18 Å². The van der Waals surface area contributed by atoms with Crippen molar-refractivity contribution in [3.8, 4) is 0 Å². The summed E-state index contributed by atoms with van der Waals surface area (Å²) in [5.74, 6) is -0.665. The van der Waals surface area contributed by atoms with E-state index in [1.807, 2.05) is 0 Å². The summed E-state index contributed by atoms with van der Waals surface area (Å²) >= 11 is 0. The van der Waals surface area contributed by atoms with E-state index >= 15 is 0 Å². The summed E-state index contributed by atoms with van der Waals surface area (Å²) in [6.45, 7) is 2.13. The minimum Gasteiger partial charge on any atom is -0.353 e. The summed E-state index contributed by atoms with van der Waals surface area (Å²) < 4.78 is 38.2. The van der Waals surface area contributed by atoms with Crippen LogP contribution in [-0.2, 0) is 22.3 Å². The lowest BCUT2D eigenvalue weighted by molar-refractivity contribution is -0.144. The lowest BCUT2D eigenvalue weighted by Crippen LogP contribution is -2.57. The Morgan fingerprint density at radius 3 is 2.81 bits per heavy atom. The molecule has 2 rings (SSSR count). The van der Waals surface area contributed by atoms with Crippen molar-refractivity contribution in [3.63, 3.8) is 0 Å². The normalized spacial score (nSPS) is 19.5. The molecule has 1 fully saturated rings. The zero-order valence-electron chi connectivity index (χ0n) is 11.4. The Bertz CT molecular complexity index is 541. The minimum atomic E-state index is -4.54. The molecular formula is C12H15F3N4O2. The Hall–Kier alpha value is -2.06. The molecule has 1 aromatic rings. The maximum Gasteiger partial charge on any atom is 0.435 e. The summed E-state index contributed by atoms with van der Waals surface area (Å²) in [4.78, 5) is 25.2. The van der Waals surface area contributed by atoms with Crippen LogP contribution in [0.15, 0.2) is 12.3 Å². The van der Waals surface area contributed by atoms with Crippen LogP contribution in [0.2, 0.25) is 0 Å². The molecule has 1 N–H and O–H groups in total. The van der Waals surface area contributed by atoms with Crippen molar-refractivity contribution in [1.29, 1.82) is 0 Å². The van der Waals surface area contributed by atoms with Gasteiger partial charge < -0.3 is 10.2 Å². The molecule has 116 valence electrons. The van der Waals surface area contributed by atoms with Gasteiger partial charge in [-0.2, -0.15) is 18.3 Å². The summed E-state index contributed by atoms with van der Waals surface area (Å²) in [7, 11) is 0. The number of piperazine rings is 1. The highest BCUT2D eigenvalue weighted by atomic mass is 19.4. The predicted octanol–water partition coefficient (Wildman–Crippen LogP) is 0.639. The lowest BCUT2D eigenvalue weighted by atomic mass is 10.1. The van der Waals surface area contributed by atoms with E-state index in [4.69, 9.17) is 0 Å². The number of carbonyl (C=O) groups excluding carboxylic acids is 2. The van der Waals surface area contributed by atoms with Crippen LogP contribution < -0.4 is 5.32 Å². The SMILES string of the molecule is CCC1C(=O)NCCN1C(=O)Cn1ccc(C(F)(F)F)n1. The third kappa shape index (κ3) is 3.34. The first-order valence-corrected chi connectivity index (χ1v) is 6.50. The Morgan fingerprint density at radius 1 is 1.52 bits per heavy atom. The summed E-state index contributed by atoms with van der Waals surface area (Å²) in [6.07, 6.45) is -2.98. The number of alkyl halides is 3. The summed E-state index contributed by atoms with van der Waals surface area (Å²) in [6, 6.07) is 0.233. The number of hydrogen-bond donors (Lipinski definition) is 1. The zero-order chi connectivity index (χ0) is 15.6. The van der Waals surface area contributed by atoms with Gasteiger partial charge in [-0.3, -0.25) is 14.3 Å². The molecule has 1 atom stereocenters. The molecule has 0 aliphatic carbocycles. The first-order valence-electron chi connectivity index (χ1n) is 6.50. The van der Waals surface area contributed by atoms with Crippen LogP contribution in [0.5, 0.6) is 0 Å². The molecular weight excluding hydrogens is 289 g/mol. The molecule has 2 amide bonds. The van der Waals surface area contributed by atoms with Crippen LogP contribution in [0.25, 0.3) is 0 Å². The van der Waals surface area contributed by atoms with Gasteiger partial charge in [0.2, 0.25) is 11.8 Å². The van der Waals surface area contributed by atoms with Crippen molar-refractivity contribution in [3.05, 3.63) is 18.0 Å². The van der Waals surface area contributed by atoms with Gasteiger partial charge in [0.1, 0.15) is 12.6 Å². The standard InChI is InChI=1S/C12H15F3N4O2/c1-2-8-11(21)16-4-6-19(8)10(20)7-18-5-3-9(17-18)12(13,14)15/h3,5,8H,2,4,6-7H2,1H3,(H,16,21). The molecule has 1 aliphatic heterocycles. The van der Waals surface area contributed by atoms with Crippen LogP contribution >= 0.6 is 0 Å². The molecule has 0 bridgehead atoms. The number of nitrogens with one attached hydrogen (secondary N) is 1. The second-order valence-corrected chi connectivity index (χ2v) is 4.70. The second kappa shape index (κ2) is 5.74. The van der Waals surface area contributed by atoms with Gasteiger partial charge in [0.15, 0.2) is 5.69 Å². The van der Waals surface area contributed by atoms with Crippen LogP contribution in [0.4, 0.5) is 13.2 Å². The van der Waals surface area contributed by atoms with E-state index in [0.717, 1.165) is 16.9 Å². The Kier molecular flexibility index (Phi) is 4.19. The van der Waals surface area contributed by atoms with Crippen LogP contribution in [0, 0.1) is 0 Å². The number of nitrogens with zero attached hydrogens (tertiary/aromatic N) is 3. The Labute approximate surface area is 118 Å². The van der Waals surface area contributed by atoms with E-state index in [1.54, 1.807) is 6.92 Å². The van der Waals surface area contributed by atoms with Gasteiger partial charge in [-0.05, 0) is 12.5 Å². The van der Waals surface area contributed by atoms with Crippen molar-refractivity contribution in [2.24, 2.45) is 0 Å². The number of rotatable bonds is 3. The third-order valence-corrected chi connectivity index (χ3v) is 3.27. The second-order valence-electron chi connectivity index (χ2n) is 4.70. The molecule has 21 heavy (non-hydrogen) atoms. The average molecular weight is 304 g/mol. The van der Waals surface area contributed by atoms with Gasteiger partial charge in [0.05, 0.1) is 0 Å². The van der Waals surface area contributed by atoms with Gasteiger partial charge in [-0.15, -0.1) is 0 Å². The maximum atomic E-state index is 12.4. The highest BCUT2D eigenvalue weighted by molar-refractivity contribution is 5.88. The van der Waals surface area contributed by atoms with Crippen molar-refractivity contribution in [1.82, 2.24) is 20.0 Å². The van der Waals surface area contributed by atoms with E-state index in [2.05, 4.69) is 10.4 Å². The third-order valence-electron chi connectivity index (χ3n) is 3.27. The number of carbonyl (C=O) groups is 2. The number of aromatic nitrogens is 2. The first kappa shape index (κ1) is 15.3. The average Bonchev–Trinajstić information content (AvgIpc) is 2.86. The smallest absolute Gasteiger partial charge is 0.353 e. The highest BCUT2D eigenvalue weighted by Crippen LogP contribution is 2.27. The van der Waals surface area contributed by atoms with E-state index in [1.165, 1.54) is 4.90 Å². The van der Waals surface area contributed by atoms with Crippen LogP contribution in [0.1, 0.15) is 19.0 Å². The number of amides is 2. The quantitative estimate of drug-likeness (QED) is 0.891. The lowest BCUT2D eigenvalue weighted by Gasteiger charge is -2.34. The molecule has 1 aliphatic rings.